The summed E-state index contributed by atoms with van der Waals surface area (Å²) in [6, 6.07) is 2.16. The molecule has 1 atom stereocenters. The molecule has 94 valence electrons. The molecule has 0 saturated heterocycles. The topological polar surface area (TPSA) is 55.1 Å². The molecule has 5 heteroatoms. The normalized spacial score (nSPS) is 12.3. The maximum atomic E-state index is 13.6. The van der Waals surface area contributed by atoms with E-state index in [-0.39, 0.29) is 11.6 Å². The second kappa shape index (κ2) is 5.72. The van der Waals surface area contributed by atoms with Crippen LogP contribution in [0.5, 0.6) is 0 Å². The van der Waals surface area contributed by atoms with Crippen LogP contribution in [0, 0.1) is 18.6 Å². The molecule has 1 amide bonds. The molecule has 0 heterocycles. The minimum Gasteiger partial charge on any atom is -0.349 e. The van der Waals surface area contributed by atoms with Crippen molar-refractivity contribution in [3.8, 4) is 0 Å². The van der Waals surface area contributed by atoms with Gasteiger partial charge in [-0.25, -0.2) is 8.78 Å². The first-order chi connectivity index (χ1) is 7.97. The van der Waals surface area contributed by atoms with Gasteiger partial charge in [-0.05, 0) is 38.4 Å². The van der Waals surface area contributed by atoms with Crippen molar-refractivity contribution in [2.24, 2.45) is 5.73 Å². The van der Waals surface area contributed by atoms with E-state index in [9.17, 15) is 13.6 Å². The van der Waals surface area contributed by atoms with Crippen molar-refractivity contribution < 1.29 is 13.6 Å². The Bertz CT molecular complexity index is 421. The standard InChI is InChI=1S/C12H16F2N2O/c1-7-3-4-9(13)10(11(7)14)12(17)16-8(2)5-6-15/h3-4,8H,5-6,15H2,1-2H3,(H,16,17). The number of amides is 1. The van der Waals surface area contributed by atoms with Gasteiger partial charge >= 0.3 is 0 Å². The molecule has 0 aliphatic heterocycles. The molecule has 3 nitrogen and oxygen atoms in total. The van der Waals surface area contributed by atoms with Crippen LogP contribution in [-0.4, -0.2) is 18.5 Å². The van der Waals surface area contributed by atoms with E-state index in [1.54, 1.807) is 6.92 Å². The van der Waals surface area contributed by atoms with E-state index in [1.807, 2.05) is 0 Å². The highest BCUT2D eigenvalue weighted by Gasteiger charge is 2.20. The minimum absolute atomic E-state index is 0.216. The van der Waals surface area contributed by atoms with E-state index < -0.39 is 23.1 Å². The summed E-state index contributed by atoms with van der Waals surface area (Å²) in [4.78, 5) is 11.7. The fourth-order valence-corrected chi connectivity index (χ4v) is 1.48. The summed E-state index contributed by atoms with van der Waals surface area (Å²) >= 11 is 0. The summed E-state index contributed by atoms with van der Waals surface area (Å²) in [5.41, 5.74) is 5.03. The first-order valence-electron chi connectivity index (χ1n) is 5.43. The summed E-state index contributed by atoms with van der Waals surface area (Å²) in [5, 5.41) is 2.51. The Morgan fingerprint density at radius 1 is 1.47 bits per heavy atom. The molecule has 0 radical (unpaired) electrons. The number of carbonyl (C=O) groups excluding carboxylic acids is 1. The zero-order valence-electron chi connectivity index (χ0n) is 9.89. The quantitative estimate of drug-likeness (QED) is 0.845. The minimum atomic E-state index is -0.856. The summed E-state index contributed by atoms with van der Waals surface area (Å²) in [7, 11) is 0. The Morgan fingerprint density at radius 2 is 2.12 bits per heavy atom. The van der Waals surface area contributed by atoms with Crippen LogP contribution in [0.1, 0.15) is 29.3 Å². The van der Waals surface area contributed by atoms with Gasteiger partial charge in [0.2, 0.25) is 0 Å². The molecule has 1 aromatic rings. The van der Waals surface area contributed by atoms with Gasteiger partial charge in [0.15, 0.2) is 0 Å². The van der Waals surface area contributed by atoms with Crippen molar-refractivity contribution in [3.05, 3.63) is 34.9 Å². The van der Waals surface area contributed by atoms with Crippen molar-refractivity contribution >= 4 is 5.91 Å². The van der Waals surface area contributed by atoms with Crippen LogP contribution in [0.4, 0.5) is 8.78 Å². The fraction of sp³-hybridized carbons (Fsp3) is 0.417. The first kappa shape index (κ1) is 13.6. The Hall–Kier alpha value is -1.49. The summed E-state index contributed by atoms with van der Waals surface area (Å²) in [5.74, 6) is -2.42. The third-order valence-corrected chi connectivity index (χ3v) is 2.49. The predicted octanol–water partition coefficient (Wildman–Crippen LogP) is 1.74. The first-order valence-corrected chi connectivity index (χ1v) is 5.43. The molecule has 1 rings (SSSR count). The lowest BCUT2D eigenvalue weighted by atomic mass is 10.1. The van der Waals surface area contributed by atoms with Gasteiger partial charge in [-0.1, -0.05) is 6.07 Å². The lowest BCUT2D eigenvalue weighted by Crippen LogP contribution is -2.35. The molecule has 1 unspecified atom stereocenters. The molecular weight excluding hydrogens is 226 g/mol. The number of hydrogen-bond donors (Lipinski definition) is 2. The second-order valence-corrected chi connectivity index (χ2v) is 4.01. The molecule has 0 bridgehead atoms. The number of nitrogens with one attached hydrogen (secondary N) is 1. The van der Waals surface area contributed by atoms with Gasteiger partial charge in [-0.15, -0.1) is 0 Å². The van der Waals surface area contributed by atoms with Gasteiger partial charge in [0.05, 0.1) is 0 Å². The summed E-state index contributed by atoms with van der Waals surface area (Å²) in [6.07, 6.45) is 0.556. The van der Waals surface area contributed by atoms with Crippen LogP contribution in [0.15, 0.2) is 12.1 Å². The third kappa shape index (κ3) is 3.23. The van der Waals surface area contributed by atoms with Crippen molar-refractivity contribution in [1.82, 2.24) is 5.32 Å². The third-order valence-electron chi connectivity index (χ3n) is 2.49. The van der Waals surface area contributed by atoms with Gasteiger partial charge in [0.1, 0.15) is 17.2 Å². The molecule has 0 aliphatic carbocycles. The summed E-state index contributed by atoms with van der Waals surface area (Å²) < 4.78 is 27.0. The average Bonchev–Trinajstić information content (AvgIpc) is 2.24. The van der Waals surface area contributed by atoms with Gasteiger partial charge in [-0.2, -0.15) is 0 Å². The van der Waals surface area contributed by atoms with Crippen molar-refractivity contribution in [2.75, 3.05) is 6.54 Å². The van der Waals surface area contributed by atoms with E-state index in [4.69, 9.17) is 5.73 Å². The predicted molar refractivity (Wildman–Crippen MR) is 61.7 cm³/mol. The smallest absolute Gasteiger partial charge is 0.257 e. The van der Waals surface area contributed by atoms with Crippen molar-refractivity contribution in [2.45, 2.75) is 26.3 Å². The Balaban J connectivity index is 2.93. The maximum absolute atomic E-state index is 13.6. The lowest BCUT2D eigenvalue weighted by Gasteiger charge is -2.14. The van der Waals surface area contributed by atoms with Crippen LogP contribution in [0.3, 0.4) is 0 Å². The number of nitrogens with two attached hydrogens (primary N) is 1. The largest absolute Gasteiger partial charge is 0.349 e. The molecule has 0 spiro atoms. The number of rotatable bonds is 4. The molecular formula is C12H16F2N2O. The zero-order chi connectivity index (χ0) is 13.0. The maximum Gasteiger partial charge on any atom is 0.257 e. The lowest BCUT2D eigenvalue weighted by molar-refractivity contribution is 0.0930. The van der Waals surface area contributed by atoms with Crippen molar-refractivity contribution in [3.63, 3.8) is 0 Å². The van der Waals surface area contributed by atoms with E-state index >= 15 is 0 Å². The number of benzene rings is 1. The van der Waals surface area contributed by atoms with E-state index in [2.05, 4.69) is 5.32 Å². The highest BCUT2D eigenvalue weighted by atomic mass is 19.1. The number of carbonyl (C=O) groups is 1. The van der Waals surface area contributed by atoms with Crippen LogP contribution in [-0.2, 0) is 0 Å². The fourth-order valence-electron chi connectivity index (χ4n) is 1.48. The van der Waals surface area contributed by atoms with Gasteiger partial charge in [0, 0.05) is 6.04 Å². The SMILES string of the molecule is Cc1ccc(F)c(C(=O)NC(C)CCN)c1F. The molecule has 1 aromatic carbocycles. The molecule has 0 aromatic heterocycles. The molecule has 0 aliphatic rings. The highest BCUT2D eigenvalue weighted by Crippen LogP contribution is 2.16. The number of aryl methyl sites for hydroxylation is 1. The van der Waals surface area contributed by atoms with Crippen molar-refractivity contribution in [1.29, 1.82) is 0 Å². The Kier molecular flexibility index (Phi) is 4.57. The number of hydrogen-bond acceptors (Lipinski definition) is 2. The van der Waals surface area contributed by atoms with Gasteiger partial charge < -0.3 is 11.1 Å². The van der Waals surface area contributed by atoms with Crippen LogP contribution >= 0.6 is 0 Å². The number of halogens is 2. The van der Waals surface area contributed by atoms with Crippen LogP contribution in [0.2, 0.25) is 0 Å². The van der Waals surface area contributed by atoms with Gasteiger partial charge in [0.25, 0.3) is 5.91 Å². The van der Waals surface area contributed by atoms with Gasteiger partial charge in [-0.3, -0.25) is 4.79 Å². The zero-order valence-corrected chi connectivity index (χ0v) is 9.89. The monoisotopic (exact) mass is 242 g/mol. The van der Waals surface area contributed by atoms with E-state index in [0.29, 0.717) is 13.0 Å². The summed E-state index contributed by atoms with van der Waals surface area (Å²) in [6.45, 7) is 3.62. The van der Waals surface area contributed by atoms with Crippen LogP contribution < -0.4 is 11.1 Å². The molecule has 3 N–H and O–H groups in total. The highest BCUT2D eigenvalue weighted by molar-refractivity contribution is 5.95. The Morgan fingerprint density at radius 3 is 2.71 bits per heavy atom. The van der Waals surface area contributed by atoms with E-state index in [1.165, 1.54) is 13.0 Å². The molecule has 0 saturated carbocycles. The molecule has 17 heavy (non-hydrogen) atoms. The Labute approximate surface area is 99.0 Å². The second-order valence-electron chi connectivity index (χ2n) is 4.01. The van der Waals surface area contributed by atoms with E-state index in [0.717, 1.165) is 6.07 Å². The van der Waals surface area contributed by atoms with Crippen LogP contribution in [0.25, 0.3) is 0 Å². The molecule has 0 fully saturated rings. The average molecular weight is 242 g/mol.